The minimum Gasteiger partial charge on any atom is -0.462 e. The largest absolute Gasteiger partial charge is 0.462 e. The molecule has 0 aliphatic heterocycles. The molecular formula is C16H19N3O2. The standard InChI is InChI=1S/C16H19N3O2/c1-12-6-7-14(21-12)8-9-16(20)18-15-10-11-17-19(15)13-4-2-3-5-13/h6-11,13H,2-5H2,1H3,(H,18,20)/b9-8+. The lowest BCUT2D eigenvalue weighted by Crippen LogP contribution is -2.15. The van der Waals surface area contributed by atoms with Crippen molar-refractivity contribution in [1.29, 1.82) is 0 Å². The first kappa shape index (κ1) is 13.7. The molecule has 0 atom stereocenters. The Morgan fingerprint density at radius 2 is 2.19 bits per heavy atom. The van der Waals surface area contributed by atoms with Gasteiger partial charge in [-0.25, -0.2) is 4.68 Å². The molecule has 5 heteroatoms. The zero-order valence-electron chi connectivity index (χ0n) is 12.1. The lowest BCUT2D eigenvalue weighted by Gasteiger charge is -2.13. The maximum absolute atomic E-state index is 12.0. The van der Waals surface area contributed by atoms with Crippen LogP contribution >= 0.6 is 0 Å². The molecule has 1 saturated carbocycles. The van der Waals surface area contributed by atoms with Gasteiger partial charge in [0.15, 0.2) is 0 Å². The van der Waals surface area contributed by atoms with Crippen LogP contribution in [0.5, 0.6) is 0 Å². The fraction of sp³-hybridized carbons (Fsp3) is 0.375. The number of rotatable bonds is 4. The zero-order chi connectivity index (χ0) is 14.7. The van der Waals surface area contributed by atoms with Gasteiger partial charge in [-0.3, -0.25) is 4.79 Å². The third-order valence-electron chi connectivity index (χ3n) is 3.75. The number of hydrogen-bond acceptors (Lipinski definition) is 3. The van der Waals surface area contributed by atoms with Crippen molar-refractivity contribution in [3.05, 3.63) is 42.0 Å². The van der Waals surface area contributed by atoms with E-state index in [1.165, 1.54) is 18.9 Å². The van der Waals surface area contributed by atoms with Crippen LogP contribution in [0.2, 0.25) is 0 Å². The van der Waals surface area contributed by atoms with Gasteiger partial charge < -0.3 is 9.73 Å². The predicted octanol–water partition coefficient (Wildman–Crippen LogP) is 3.55. The predicted molar refractivity (Wildman–Crippen MR) is 80.8 cm³/mol. The lowest BCUT2D eigenvalue weighted by molar-refractivity contribution is -0.111. The van der Waals surface area contributed by atoms with Crippen LogP contribution in [0.4, 0.5) is 5.82 Å². The Kier molecular flexibility index (Phi) is 3.90. The smallest absolute Gasteiger partial charge is 0.249 e. The van der Waals surface area contributed by atoms with Gasteiger partial charge >= 0.3 is 0 Å². The number of hydrogen-bond donors (Lipinski definition) is 1. The number of amides is 1. The van der Waals surface area contributed by atoms with Crippen molar-refractivity contribution in [2.75, 3.05) is 5.32 Å². The van der Waals surface area contributed by atoms with Gasteiger partial charge in [0.05, 0.1) is 12.2 Å². The zero-order valence-corrected chi connectivity index (χ0v) is 12.1. The first-order valence-corrected chi connectivity index (χ1v) is 7.31. The first-order valence-electron chi connectivity index (χ1n) is 7.31. The normalized spacial score (nSPS) is 15.9. The van der Waals surface area contributed by atoms with Crippen molar-refractivity contribution in [2.45, 2.75) is 38.6 Å². The number of carbonyl (C=O) groups excluding carboxylic acids is 1. The third-order valence-corrected chi connectivity index (χ3v) is 3.75. The molecule has 1 fully saturated rings. The Labute approximate surface area is 123 Å². The Bertz CT molecular complexity index is 648. The van der Waals surface area contributed by atoms with Gasteiger partial charge in [0.2, 0.25) is 5.91 Å². The summed E-state index contributed by atoms with van der Waals surface area (Å²) >= 11 is 0. The number of aromatic nitrogens is 2. The van der Waals surface area contributed by atoms with Crippen LogP contribution in [0.25, 0.3) is 6.08 Å². The molecule has 2 aromatic heterocycles. The van der Waals surface area contributed by atoms with E-state index in [9.17, 15) is 4.79 Å². The van der Waals surface area contributed by atoms with E-state index in [4.69, 9.17) is 4.42 Å². The van der Waals surface area contributed by atoms with Crippen LogP contribution in [-0.4, -0.2) is 15.7 Å². The van der Waals surface area contributed by atoms with E-state index < -0.39 is 0 Å². The molecule has 21 heavy (non-hydrogen) atoms. The van der Waals surface area contributed by atoms with Gasteiger partial charge in [0.25, 0.3) is 0 Å². The van der Waals surface area contributed by atoms with Crippen molar-refractivity contribution in [1.82, 2.24) is 9.78 Å². The second-order valence-electron chi connectivity index (χ2n) is 5.37. The Hall–Kier alpha value is -2.30. The van der Waals surface area contributed by atoms with Gasteiger partial charge in [0, 0.05) is 12.1 Å². The SMILES string of the molecule is Cc1ccc(/C=C/C(=O)Nc2ccnn2C2CCCC2)o1. The molecule has 110 valence electrons. The molecule has 0 saturated heterocycles. The molecule has 5 nitrogen and oxygen atoms in total. The van der Waals surface area contributed by atoms with Crippen LogP contribution < -0.4 is 5.32 Å². The van der Waals surface area contributed by atoms with Gasteiger partial charge in [0.1, 0.15) is 17.3 Å². The van der Waals surface area contributed by atoms with E-state index in [1.54, 1.807) is 12.3 Å². The summed E-state index contributed by atoms with van der Waals surface area (Å²) in [6.45, 7) is 1.87. The Morgan fingerprint density at radius 1 is 1.38 bits per heavy atom. The van der Waals surface area contributed by atoms with Crippen molar-refractivity contribution in [3.63, 3.8) is 0 Å². The quantitative estimate of drug-likeness (QED) is 0.874. The Balaban J connectivity index is 1.65. The van der Waals surface area contributed by atoms with Crippen molar-refractivity contribution in [2.24, 2.45) is 0 Å². The maximum atomic E-state index is 12.0. The highest BCUT2D eigenvalue weighted by molar-refractivity contribution is 6.01. The monoisotopic (exact) mass is 285 g/mol. The van der Waals surface area contributed by atoms with Crippen molar-refractivity contribution in [3.8, 4) is 0 Å². The maximum Gasteiger partial charge on any atom is 0.249 e. The molecule has 0 bridgehead atoms. The number of carbonyl (C=O) groups is 1. The molecular weight excluding hydrogens is 266 g/mol. The highest BCUT2D eigenvalue weighted by Gasteiger charge is 2.20. The first-order chi connectivity index (χ1) is 10.2. The number of nitrogens with zero attached hydrogens (tertiary/aromatic N) is 2. The third kappa shape index (κ3) is 3.24. The highest BCUT2D eigenvalue weighted by atomic mass is 16.3. The van der Waals surface area contributed by atoms with E-state index in [0.717, 1.165) is 24.4 Å². The van der Waals surface area contributed by atoms with Crippen LogP contribution in [0.15, 0.2) is 34.9 Å². The number of anilines is 1. The topological polar surface area (TPSA) is 60.1 Å². The molecule has 1 aliphatic carbocycles. The lowest BCUT2D eigenvalue weighted by atomic mass is 10.2. The van der Waals surface area contributed by atoms with Crippen LogP contribution in [0, 0.1) is 6.92 Å². The molecule has 0 spiro atoms. The minimum absolute atomic E-state index is 0.177. The Morgan fingerprint density at radius 3 is 2.90 bits per heavy atom. The van der Waals surface area contributed by atoms with E-state index in [1.807, 2.05) is 29.8 Å². The summed E-state index contributed by atoms with van der Waals surface area (Å²) in [6, 6.07) is 5.95. The van der Waals surface area contributed by atoms with E-state index in [-0.39, 0.29) is 5.91 Å². The average molecular weight is 285 g/mol. The van der Waals surface area contributed by atoms with Crippen molar-refractivity contribution < 1.29 is 9.21 Å². The van der Waals surface area contributed by atoms with Gasteiger partial charge in [-0.05, 0) is 38.0 Å². The molecule has 1 N–H and O–H groups in total. The summed E-state index contributed by atoms with van der Waals surface area (Å²) < 4.78 is 7.32. The molecule has 1 amide bonds. The number of nitrogens with one attached hydrogen (secondary N) is 1. The summed E-state index contributed by atoms with van der Waals surface area (Å²) in [5, 5.41) is 7.21. The van der Waals surface area contributed by atoms with E-state index in [0.29, 0.717) is 11.8 Å². The van der Waals surface area contributed by atoms with Crippen LogP contribution in [-0.2, 0) is 4.79 Å². The fourth-order valence-corrected chi connectivity index (χ4v) is 2.72. The molecule has 0 radical (unpaired) electrons. The second-order valence-corrected chi connectivity index (χ2v) is 5.37. The molecule has 2 heterocycles. The van der Waals surface area contributed by atoms with Crippen LogP contribution in [0.1, 0.15) is 43.2 Å². The summed E-state index contributed by atoms with van der Waals surface area (Å²) in [4.78, 5) is 12.0. The summed E-state index contributed by atoms with van der Waals surface area (Å²) in [5.41, 5.74) is 0. The minimum atomic E-state index is -0.177. The summed E-state index contributed by atoms with van der Waals surface area (Å²) in [6.07, 6.45) is 9.60. The summed E-state index contributed by atoms with van der Waals surface area (Å²) in [5.74, 6) is 2.08. The molecule has 0 aromatic carbocycles. The van der Waals surface area contributed by atoms with Gasteiger partial charge in [-0.15, -0.1) is 0 Å². The second kappa shape index (κ2) is 5.99. The molecule has 1 aliphatic rings. The number of aryl methyl sites for hydroxylation is 1. The summed E-state index contributed by atoms with van der Waals surface area (Å²) in [7, 11) is 0. The van der Waals surface area contributed by atoms with Crippen molar-refractivity contribution >= 4 is 17.8 Å². The molecule has 3 rings (SSSR count). The number of furan rings is 1. The molecule has 2 aromatic rings. The fourth-order valence-electron chi connectivity index (χ4n) is 2.72. The molecule has 0 unspecified atom stereocenters. The van der Waals surface area contributed by atoms with Crippen LogP contribution in [0.3, 0.4) is 0 Å². The highest BCUT2D eigenvalue weighted by Crippen LogP contribution is 2.31. The van der Waals surface area contributed by atoms with Gasteiger partial charge in [-0.2, -0.15) is 5.10 Å². The average Bonchev–Trinajstić information content (AvgIpc) is 3.16. The van der Waals surface area contributed by atoms with E-state index in [2.05, 4.69) is 10.4 Å². The van der Waals surface area contributed by atoms with Gasteiger partial charge in [-0.1, -0.05) is 12.8 Å². The van der Waals surface area contributed by atoms with E-state index >= 15 is 0 Å².